The van der Waals surface area contributed by atoms with E-state index in [0.717, 1.165) is 6.42 Å². The molecule has 0 aliphatic heterocycles. The zero-order chi connectivity index (χ0) is 16.7. The molecule has 1 aromatic rings. The largest absolute Gasteiger partial charge is 0.466 e. The van der Waals surface area contributed by atoms with Crippen molar-refractivity contribution in [2.75, 3.05) is 6.61 Å². The van der Waals surface area contributed by atoms with Crippen LogP contribution >= 0.6 is 46.4 Å². The second kappa shape index (κ2) is 9.46. The summed E-state index contributed by atoms with van der Waals surface area (Å²) in [5, 5.41) is 0.238. The second-order valence-electron chi connectivity index (χ2n) is 4.35. The van der Waals surface area contributed by atoms with E-state index >= 15 is 0 Å². The highest BCUT2D eigenvalue weighted by Crippen LogP contribution is 2.42. The van der Waals surface area contributed by atoms with Crippen LogP contribution in [0.15, 0.2) is 6.07 Å². The van der Waals surface area contributed by atoms with Gasteiger partial charge in [0.1, 0.15) is 5.02 Å². The van der Waals surface area contributed by atoms with Crippen LogP contribution in [-0.2, 0) is 14.3 Å². The molecule has 0 bridgehead atoms. The Bertz CT molecular complexity index is 560. The summed E-state index contributed by atoms with van der Waals surface area (Å²) in [5.41, 5.74) is 0. The van der Waals surface area contributed by atoms with Gasteiger partial charge in [0.15, 0.2) is 5.75 Å². The molecule has 1 aromatic carbocycles. The number of esters is 2. The fraction of sp³-hybridized carbons (Fsp3) is 0.429. The lowest BCUT2D eigenvalue weighted by atomic mass is 10.2. The number of rotatable bonds is 7. The smallest absolute Gasteiger partial charge is 0.311 e. The van der Waals surface area contributed by atoms with Gasteiger partial charge in [-0.1, -0.05) is 53.3 Å². The molecule has 0 spiro atoms. The van der Waals surface area contributed by atoms with Gasteiger partial charge in [0.05, 0.1) is 21.7 Å². The molecule has 0 aliphatic carbocycles. The summed E-state index contributed by atoms with van der Waals surface area (Å²) in [6.07, 6.45) is 1.25. The quantitative estimate of drug-likeness (QED) is 0.274. The first-order valence-electron chi connectivity index (χ1n) is 6.56. The Morgan fingerprint density at radius 2 is 1.64 bits per heavy atom. The standard InChI is InChI=1S/C14H14Cl4O4/c1-2-6-21-10(19)4-3-5-11(20)22-9-7-8(15)12(16)14(18)13(9)17/h7H,2-6H2,1H3. The normalized spacial score (nSPS) is 10.4. The van der Waals surface area contributed by atoms with E-state index in [1.165, 1.54) is 6.07 Å². The van der Waals surface area contributed by atoms with Crippen molar-refractivity contribution < 1.29 is 19.1 Å². The first-order chi connectivity index (χ1) is 10.4. The van der Waals surface area contributed by atoms with Crippen molar-refractivity contribution in [3.63, 3.8) is 0 Å². The molecular formula is C14H14Cl4O4. The molecule has 0 amide bonds. The molecule has 1 rings (SSSR count). The molecule has 122 valence electrons. The molecule has 0 radical (unpaired) electrons. The minimum atomic E-state index is -0.556. The summed E-state index contributed by atoms with van der Waals surface area (Å²) in [5.74, 6) is -0.871. The molecule has 0 saturated carbocycles. The van der Waals surface area contributed by atoms with Crippen molar-refractivity contribution in [2.24, 2.45) is 0 Å². The van der Waals surface area contributed by atoms with Crippen molar-refractivity contribution in [1.82, 2.24) is 0 Å². The van der Waals surface area contributed by atoms with Gasteiger partial charge in [0.25, 0.3) is 0 Å². The van der Waals surface area contributed by atoms with E-state index in [-0.39, 0.29) is 44.7 Å². The summed E-state index contributed by atoms with van der Waals surface area (Å²) in [6.45, 7) is 2.28. The highest BCUT2D eigenvalue weighted by Gasteiger charge is 2.17. The van der Waals surface area contributed by atoms with Gasteiger partial charge in [-0.3, -0.25) is 9.59 Å². The maximum atomic E-state index is 11.7. The number of benzene rings is 1. The lowest BCUT2D eigenvalue weighted by Gasteiger charge is -2.09. The van der Waals surface area contributed by atoms with E-state index in [1.54, 1.807) is 0 Å². The van der Waals surface area contributed by atoms with Crippen molar-refractivity contribution >= 4 is 58.3 Å². The van der Waals surface area contributed by atoms with Gasteiger partial charge >= 0.3 is 11.9 Å². The number of carbonyl (C=O) groups is 2. The van der Waals surface area contributed by atoms with Crippen LogP contribution in [-0.4, -0.2) is 18.5 Å². The monoisotopic (exact) mass is 386 g/mol. The highest BCUT2D eigenvalue weighted by molar-refractivity contribution is 6.52. The van der Waals surface area contributed by atoms with Gasteiger partial charge in [-0.05, 0) is 12.8 Å². The van der Waals surface area contributed by atoms with Crippen molar-refractivity contribution in [1.29, 1.82) is 0 Å². The Hall–Kier alpha value is -0.680. The lowest BCUT2D eigenvalue weighted by Crippen LogP contribution is -2.10. The zero-order valence-corrected chi connectivity index (χ0v) is 14.8. The Balaban J connectivity index is 2.51. The van der Waals surface area contributed by atoms with Gasteiger partial charge in [-0.15, -0.1) is 0 Å². The summed E-state index contributed by atoms with van der Waals surface area (Å²) in [6, 6.07) is 1.31. The Morgan fingerprint density at radius 3 is 2.27 bits per heavy atom. The first kappa shape index (κ1) is 19.4. The molecule has 0 aromatic heterocycles. The number of carbonyl (C=O) groups excluding carboxylic acids is 2. The number of halogens is 4. The third-order valence-electron chi connectivity index (χ3n) is 2.52. The predicted octanol–water partition coefficient (Wildman–Crippen LogP) is 5.33. The molecular weight excluding hydrogens is 374 g/mol. The average molecular weight is 388 g/mol. The number of hydrogen-bond acceptors (Lipinski definition) is 4. The first-order valence-corrected chi connectivity index (χ1v) is 8.07. The highest BCUT2D eigenvalue weighted by atomic mass is 35.5. The van der Waals surface area contributed by atoms with Gasteiger partial charge < -0.3 is 9.47 Å². The molecule has 0 heterocycles. The van der Waals surface area contributed by atoms with Crippen LogP contribution < -0.4 is 4.74 Å². The number of ether oxygens (including phenoxy) is 2. The molecule has 8 heteroatoms. The molecule has 0 atom stereocenters. The van der Waals surface area contributed by atoms with Gasteiger partial charge in [-0.2, -0.15) is 0 Å². The molecule has 0 fully saturated rings. The van der Waals surface area contributed by atoms with E-state index in [4.69, 9.17) is 55.9 Å². The van der Waals surface area contributed by atoms with Crippen molar-refractivity contribution in [3.8, 4) is 5.75 Å². The Labute approximate surface area is 148 Å². The van der Waals surface area contributed by atoms with Crippen LogP contribution in [0.3, 0.4) is 0 Å². The molecule has 22 heavy (non-hydrogen) atoms. The molecule has 0 aliphatic rings. The van der Waals surface area contributed by atoms with E-state index in [1.807, 2.05) is 6.92 Å². The third kappa shape index (κ3) is 5.84. The van der Waals surface area contributed by atoms with E-state index in [0.29, 0.717) is 13.0 Å². The van der Waals surface area contributed by atoms with Crippen LogP contribution in [0, 0.1) is 0 Å². The van der Waals surface area contributed by atoms with Crippen LogP contribution in [0.1, 0.15) is 32.6 Å². The average Bonchev–Trinajstić information content (AvgIpc) is 2.48. The Morgan fingerprint density at radius 1 is 1.00 bits per heavy atom. The SMILES string of the molecule is CCCOC(=O)CCCC(=O)Oc1cc(Cl)c(Cl)c(Cl)c1Cl. The van der Waals surface area contributed by atoms with Crippen molar-refractivity contribution in [2.45, 2.75) is 32.6 Å². The molecule has 0 N–H and O–H groups in total. The maximum absolute atomic E-state index is 11.7. The van der Waals surface area contributed by atoms with Gasteiger partial charge in [0.2, 0.25) is 0 Å². The van der Waals surface area contributed by atoms with Gasteiger partial charge in [0, 0.05) is 18.9 Å². The zero-order valence-electron chi connectivity index (χ0n) is 11.8. The fourth-order valence-corrected chi connectivity index (χ4v) is 2.29. The fourth-order valence-electron chi connectivity index (χ4n) is 1.46. The molecule has 4 nitrogen and oxygen atoms in total. The molecule has 0 saturated heterocycles. The third-order valence-corrected chi connectivity index (χ3v) is 4.26. The van der Waals surface area contributed by atoms with Crippen molar-refractivity contribution in [3.05, 3.63) is 26.2 Å². The second-order valence-corrected chi connectivity index (χ2v) is 5.89. The Kier molecular flexibility index (Phi) is 8.33. The summed E-state index contributed by atoms with van der Waals surface area (Å²) in [4.78, 5) is 23.0. The predicted molar refractivity (Wildman–Crippen MR) is 87.2 cm³/mol. The lowest BCUT2D eigenvalue weighted by molar-refractivity contribution is -0.144. The number of hydrogen-bond donors (Lipinski definition) is 0. The van der Waals surface area contributed by atoms with Crippen LogP contribution in [0.25, 0.3) is 0 Å². The van der Waals surface area contributed by atoms with E-state index in [9.17, 15) is 9.59 Å². The van der Waals surface area contributed by atoms with E-state index in [2.05, 4.69) is 0 Å². The van der Waals surface area contributed by atoms with E-state index < -0.39 is 5.97 Å². The maximum Gasteiger partial charge on any atom is 0.311 e. The summed E-state index contributed by atoms with van der Waals surface area (Å²) < 4.78 is 9.97. The minimum Gasteiger partial charge on any atom is -0.466 e. The van der Waals surface area contributed by atoms with Gasteiger partial charge in [-0.25, -0.2) is 0 Å². The molecule has 0 unspecified atom stereocenters. The van der Waals surface area contributed by atoms with Crippen LogP contribution in [0.4, 0.5) is 0 Å². The van der Waals surface area contributed by atoms with Crippen LogP contribution in [0.2, 0.25) is 20.1 Å². The summed E-state index contributed by atoms with van der Waals surface area (Å²) in [7, 11) is 0. The summed E-state index contributed by atoms with van der Waals surface area (Å²) >= 11 is 23.4. The topological polar surface area (TPSA) is 52.6 Å². The minimum absolute atomic E-state index is 0.00627. The van der Waals surface area contributed by atoms with Crippen LogP contribution in [0.5, 0.6) is 5.75 Å².